The number of likely N-dealkylation sites (N-methyl/N-ethyl adjacent to an activating group) is 1. The van der Waals surface area contributed by atoms with Gasteiger partial charge < -0.3 is 30.5 Å². The second-order valence-electron chi connectivity index (χ2n) is 8.28. The highest BCUT2D eigenvalue weighted by atomic mass is 127. The second kappa shape index (κ2) is 16.1. The number of fused-ring (bicyclic) bond motifs is 1. The molecule has 1 atom stereocenters. The van der Waals surface area contributed by atoms with Gasteiger partial charge in [-0.2, -0.15) is 0 Å². The van der Waals surface area contributed by atoms with Crippen LogP contribution in [0.2, 0.25) is 0 Å². The summed E-state index contributed by atoms with van der Waals surface area (Å²) in [7, 11) is 1.99. The summed E-state index contributed by atoms with van der Waals surface area (Å²) in [5, 5.41) is 10.8. The fourth-order valence-electron chi connectivity index (χ4n) is 3.68. The molecular weight excluding hydrogens is 642 g/mol. The Morgan fingerprint density at radius 2 is 2.00 bits per heavy atom. The number of imidazole rings is 1. The number of hydroxylamine groups is 1. The molecular formula is C27H34IN8O3P. The lowest BCUT2D eigenvalue weighted by atomic mass is 10.1. The van der Waals surface area contributed by atoms with Crippen molar-refractivity contribution < 1.29 is 14.2 Å². The normalized spacial score (nSPS) is 10.8. The quantitative estimate of drug-likeness (QED) is 0.0359. The van der Waals surface area contributed by atoms with Gasteiger partial charge in [-0.25, -0.2) is 20.1 Å². The third kappa shape index (κ3) is 8.59. The van der Waals surface area contributed by atoms with Gasteiger partial charge in [-0.3, -0.25) is 4.79 Å². The van der Waals surface area contributed by atoms with Crippen LogP contribution in [-0.4, -0.2) is 53.3 Å². The van der Waals surface area contributed by atoms with Gasteiger partial charge >= 0.3 is 0 Å². The minimum absolute atomic E-state index is 0.184. The zero-order valence-corrected chi connectivity index (χ0v) is 25.8. The average Bonchev–Trinajstić information content (AvgIpc) is 3.46. The van der Waals surface area contributed by atoms with Crippen molar-refractivity contribution in [2.45, 2.75) is 20.3 Å². The molecule has 0 saturated carbocycles. The number of benzene rings is 2. The van der Waals surface area contributed by atoms with Gasteiger partial charge in [0.15, 0.2) is 11.5 Å². The molecule has 0 bridgehead atoms. The average molecular weight is 676 g/mol. The van der Waals surface area contributed by atoms with Crippen LogP contribution in [0.5, 0.6) is 0 Å². The van der Waals surface area contributed by atoms with Crippen LogP contribution in [0.15, 0.2) is 61.1 Å². The van der Waals surface area contributed by atoms with E-state index in [-0.39, 0.29) is 18.8 Å². The van der Waals surface area contributed by atoms with Gasteiger partial charge in [0.2, 0.25) is 5.91 Å². The largest absolute Gasteiger partial charge is 0.398 e. The van der Waals surface area contributed by atoms with Crippen molar-refractivity contribution in [2.75, 3.05) is 42.8 Å². The molecule has 0 radical (unpaired) electrons. The SMILES string of the molecule is CC.CN(CCOCCC(=O)NOPI)c1ccc(Nc2nc(-c3ccc(C=N)c(N)c3)cn3ccnc23)cc1. The maximum Gasteiger partial charge on any atom is 0.246 e. The third-order valence-corrected chi connectivity index (χ3v) is 6.57. The van der Waals surface area contributed by atoms with E-state index in [1.165, 1.54) is 6.21 Å². The highest BCUT2D eigenvalue weighted by molar-refractivity contribution is 14.2. The van der Waals surface area contributed by atoms with Crippen LogP contribution in [0, 0.1) is 5.41 Å². The number of ether oxygens (including phenoxy) is 1. The molecule has 0 saturated heterocycles. The maximum atomic E-state index is 11.5. The van der Waals surface area contributed by atoms with E-state index in [1.807, 2.05) is 102 Å². The Balaban J connectivity index is 0.00000216. The number of carbonyl (C=O) groups excluding carboxylic acids is 1. The Hall–Kier alpha value is -3.32. The van der Waals surface area contributed by atoms with Gasteiger partial charge in [-0.1, -0.05) is 26.0 Å². The van der Waals surface area contributed by atoms with Crippen molar-refractivity contribution in [3.8, 4) is 11.3 Å². The van der Waals surface area contributed by atoms with E-state index in [2.05, 4.69) is 20.7 Å². The second-order valence-corrected chi connectivity index (χ2v) is 9.96. The van der Waals surface area contributed by atoms with Crippen LogP contribution in [-0.2, 0) is 14.2 Å². The molecule has 0 aliphatic carbocycles. The minimum atomic E-state index is -0.192. The first kappa shape index (κ1) is 31.2. The summed E-state index contributed by atoms with van der Waals surface area (Å²) in [6.07, 6.45) is 6.99. The monoisotopic (exact) mass is 676 g/mol. The summed E-state index contributed by atoms with van der Waals surface area (Å²) in [5.41, 5.74) is 13.8. The highest BCUT2D eigenvalue weighted by Crippen LogP contribution is 2.27. The number of rotatable bonds is 13. The Bertz CT molecular complexity index is 1400. The molecule has 1 amide bonds. The summed E-state index contributed by atoms with van der Waals surface area (Å²) in [6, 6.07) is 13.5. The van der Waals surface area contributed by atoms with Gasteiger partial charge in [0, 0.05) is 66.6 Å². The van der Waals surface area contributed by atoms with Crippen LogP contribution >= 0.6 is 28.5 Å². The number of nitrogens with one attached hydrogen (secondary N) is 3. The van der Waals surface area contributed by atoms with Gasteiger partial charge in [0.05, 0.1) is 25.3 Å². The standard InChI is InChI=1S/C25H28IN8O3P.C2H6/c1-33(11-13-36-12-8-23(35)32-37-38-26)20-6-4-19(5-7-20)30-24-25-29-9-10-34(25)16-22(31-24)17-2-3-18(15-27)21(28)14-17;1-2/h2-7,9-10,14-16,27,38H,8,11-13,28H2,1H3,(H,30,31)(H,32,35);1-2H3. The number of carbonyl (C=O) groups is 1. The Morgan fingerprint density at radius 1 is 1.23 bits per heavy atom. The van der Waals surface area contributed by atoms with Gasteiger partial charge in [-0.05, 0) is 52.4 Å². The molecule has 0 spiro atoms. The van der Waals surface area contributed by atoms with Crippen LogP contribution in [0.25, 0.3) is 16.9 Å². The maximum absolute atomic E-state index is 11.5. The van der Waals surface area contributed by atoms with E-state index in [0.29, 0.717) is 42.5 Å². The number of hydrogen-bond acceptors (Lipinski definition) is 9. The first-order valence-corrected chi connectivity index (χ1v) is 16.7. The molecule has 4 aromatic rings. The van der Waals surface area contributed by atoms with Crippen molar-refractivity contribution in [1.29, 1.82) is 5.41 Å². The molecule has 2 heterocycles. The Morgan fingerprint density at radius 3 is 2.70 bits per heavy atom. The summed E-state index contributed by atoms with van der Waals surface area (Å²) in [6.45, 7) is 5.70. The fourth-order valence-corrected chi connectivity index (χ4v) is 4.16. The predicted molar refractivity (Wildman–Crippen MR) is 172 cm³/mol. The number of nitrogens with two attached hydrogens (primary N) is 1. The molecule has 5 N–H and O–H groups in total. The van der Waals surface area contributed by atoms with Crippen LogP contribution in [0.4, 0.5) is 22.9 Å². The van der Waals surface area contributed by atoms with Crippen LogP contribution < -0.4 is 21.4 Å². The van der Waals surface area contributed by atoms with E-state index in [4.69, 9.17) is 25.5 Å². The molecule has 0 aliphatic heterocycles. The molecule has 4 rings (SSSR count). The zero-order chi connectivity index (χ0) is 28.9. The smallest absolute Gasteiger partial charge is 0.246 e. The summed E-state index contributed by atoms with van der Waals surface area (Å²) >= 11 is 2.03. The first-order valence-electron chi connectivity index (χ1n) is 12.7. The third-order valence-electron chi connectivity index (χ3n) is 5.73. The lowest BCUT2D eigenvalue weighted by molar-refractivity contribution is -0.128. The molecule has 212 valence electrons. The number of amides is 1. The summed E-state index contributed by atoms with van der Waals surface area (Å²) < 4.78 is 12.4. The molecule has 40 heavy (non-hydrogen) atoms. The number of aromatic nitrogens is 3. The molecule has 0 fully saturated rings. The van der Waals surface area contributed by atoms with Crippen molar-refractivity contribution in [1.82, 2.24) is 19.8 Å². The highest BCUT2D eigenvalue weighted by Gasteiger charge is 2.11. The lowest BCUT2D eigenvalue weighted by Crippen LogP contribution is -2.24. The molecule has 0 aliphatic rings. The molecule has 2 aromatic heterocycles. The lowest BCUT2D eigenvalue weighted by Gasteiger charge is -2.19. The summed E-state index contributed by atoms with van der Waals surface area (Å²) in [5.74, 6) is 0.424. The van der Waals surface area contributed by atoms with E-state index in [0.717, 1.165) is 22.6 Å². The fraction of sp³-hybridized carbons (Fsp3) is 0.259. The number of nitrogens with zero attached hydrogens (tertiary/aromatic N) is 4. The van der Waals surface area contributed by atoms with Gasteiger partial charge in [0.1, 0.15) is 6.45 Å². The van der Waals surface area contributed by atoms with Gasteiger partial charge in [-0.15, -0.1) is 0 Å². The summed E-state index contributed by atoms with van der Waals surface area (Å²) in [4.78, 5) is 22.8. The number of nitrogen functional groups attached to an aromatic ring is 1. The predicted octanol–water partition coefficient (Wildman–Crippen LogP) is 5.58. The van der Waals surface area contributed by atoms with Crippen molar-refractivity contribution in [3.05, 3.63) is 66.6 Å². The van der Waals surface area contributed by atoms with Crippen molar-refractivity contribution in [2.24, 2.45) is 0 Å². The van der Waals surface area contributed by atoms with Crippen molar-refractivity contribution >= 4 is 69.1 Å². The number of hydrogen-bond donors (Lipinski definition) is 4. The Kier molecular flexibility index (Phi) is 12.5. The minimum Gasteiger partial charge on any atom is -0.398 e. The molecule has 13 heteroatoms. The number of anilines is 4. The first-order chi connectivity index (χ1) is 19.5. The zero-order valence-electron chi connectivity index (χ0n) is 22.6. The molecule has 1 unspecified atom stereocenters. The van der Waals surface area contributed by atoms with E-state index in [9.17, 15) is 4.79 Å². The topological polar surface area (TPSA) is 143 Å². The number of halogens is 1. The Labute approximate surface area is 248 Å². The van der Waals surface area contributed by atoms with Gasteiger partial charge in [0.25, 0.3) is 0 Å². The van der Waals surface area contributed by atoms with E-state index < -0.39 is 0 Å². The van der Waals surface area contributed by atoms with Crippen molar-refractivity contribution in [3.63, 3.8) is 0 Å². The van der Waals surface area contributed by atoms with E-state index >= 15 is 0 Å². The molecule has 11 nitrogen and oxygen atoms in total. The van der Waals surface area contributed by atoms with E-state index in [1.54, 1.807) is 6.20 Å². The molecule has 2 aromatic carbocycles. The van der Waals surface area contributed by atoms with Crippen LogP contribution in [0.3, 0.4) is 0 Å². The van der Waals surface area contributed by atoms with Crippen LogP contribution in [0.1, 0.15) is 25.8 Å².